The summed E-state index contributed by atoms with van der Waals surface area (Å²) in [6.45, 7) is 3.85. The van der Waals surface area contributed by atoms with Crippen molar-refractivity contribution in [3.63, 3.8) is 0 Å². The van der Waals surface area contributed by atoms with Crippen molar-refractivity contribution in [3.8, 4) is 0 Å². The molecule has 5 heteroatoms. The Morgan fingerprint density at radius 2 is 2.26 bits per heavy atom. The zero-order chi connectivity index (χ0) is 18.5. The normalized spacial score (nSPS) is 24.4. The van der Waals surface area contributed by atoms with Gasteiger partial charge in [0.2, 0.25) is 5.91 Å². The summed E-state index contributed by atoms with van der Waals surface area (Å²) in [6, 6.07) is 3.98. The fourth-order valence-electron chi connectivity index (χ4n) is 4.80. The van der Waals surface area contributed by atoms with E-state index < -0.39 is 0 Å². The Balaban J connectivity index is 1.25. The van der Waals surface area contributed by atoms with Crippen LogP contribution in [0.4, 0.5) is 0 Å². The third kappa shape index (κ3) is 4.25. The third-order valence-corrected chi connectivity index (χ3v) is 6.41. The first-order valence-corrected chi connectivity index (χ1v) is 10.4. The summed E-state index contributed by atoms with van der Waals surface area (Å²) in [4.78, 5) is 18.8. The molecule has 1 spiro atoms. The van der Waals surface area contributed by atoms with Crippen LogP contribution in [0.15, 0.2) is 36.2 Å². The number of likely N-dealkylation sites (tertiary alicyclic amines) is 1. The van der Waals surface area contributed by atoms with E-state index in [1.54, 1.807) is 6.20 Å². The first-order valence-electron chi connectivity index (χ1n) is 10.4. The summed E-state index contributed by atoms with van der Waals surface area (Å²) in [6.07, 6.45) is 12.9. The lowest BCUT2D eigenvalue weighted by atomic mass is 9.78. The smallest absolute Gasteiger partial charge is 0.249 e. The molecule has 146 valence electrons. The molecule has 4 rings (SSSR count). The van der Waals surface area contributed by atoms with Gasteiger partial charge in [-0.3, -0.25) is 9.78 Å². The van der Waals surface area contributed by atoms with E-state index in [0.717, 1.165) is 82.4 Å². The molecule has 27 heavy (non-hydrogen) atoms. The lowest BCUT2D eigenvalue weighted by molar-refractivity contribution is -0.134. The number of hydrogen-bond donors (Lipinski definition) is 0. The maximum atomic E-state index is 12.6. The molecular weight excluding hydrogens is 340 g/mol. The number of ether oxygens (including phenoxy) is 2. The molecule has 2 saturated heterocycles. The average Bonchev–Trinajstić information content (AvgIpc) is 3.37. The predicted molar refractivity (Wildman–Crippen MR) is 103 cm³/mol. The molecular formula is C22H30N2O3. The number of pyridine rings is 1. The van der Waals surface area contributed by atoms with E-state index in [4.69, 9.17) is 9.47 Å². The van der Waals surface area contributed by atoms with E-state index in [-0.39, 0.29) is 11.5 Å². The van der Waals surface area contributed by atoms with E-state index in [2.05, 4.69) is 11.1 Å². The molecule has 0 aromatic carbocycles. The monoisotopic (exact) mass is 370 g/mol. The summed E-state index contributed by atoms with van der Waals surface area (Å²) in [7, 11) is 0. The van der Waals surface area contributed by atoms with Crippen molar-refractivity contribution in [2.75, 3.05) is 26.3 Å². The minimum Gasteiger partial charge on any atom is -0.377 e. The second kappa shape index (κ2) is 8.53. The Hall–Kier alpha value is -1.72. The van der Waals surface area contributed by atoms with Gasteiger partial charge in [-0.15, -0.1) is 0 Å². The average molecular weight is 370 g/mol. The van der Waals surface area contributed by atoms with E-state index in [1.807, 2.05) is 23.2 Å². The van der Waals surface area contributed by atoms with Crippen molar-refractivity contribution in [2.24, 2.45) is 5.92 Å². The van der Waals surface area contributed by atoms with Gasteiger partial charge >= 0.3 is 0 Å². The molecule has 0 radical (unpaired) electrons. The van der Waals surface area contributed by atoms with E-state index in [0.29, 0.717) is 12.5 Å². The highest BCUT2D eigenvalue weighted by molar-refractivity contribution is 5.93. The van der Waals surface area contributed by atoms with E-state index in [9.17, 15) is 4.79 Å². The first-order chi connectivity index (χ1) is 13.3. The number of carbonyl (C=O) groups is 1. The fraction of sp³-hybridized carbons (Fsp3) is 0.636. The van der Waals surface area contributed by atoms with E-state index >= 15 is 0 Å². The van der Waals surface area contributed by atoms with Crippen LogP contribution in [0.1, 0.15) is 50.5 Å². The molecule has 1 aromatic rings. The van der Waals surface area contributed by atoms with Crippen LogP contribution in [0.3, 0.4) is 0 Å². The zero-order valence-electron chi connectivity index (χ0n) is 16.1. The topological polar surface area (TPSA) is 51.7 Å². The molecule has 1 atom stereocenters. The van der Waals surface area contributed by atoms with Gasteiger partial charge in [0, 0.05) is 44.3 Å². The van der Waals surface area contributed by atoms with Crippen molar-refractivity contribution in [1.29, 1.82) is 0 Å². The molecule has 3 aliphatic rings. The molecule has 0 saturated carbocycles. The minimum absolute atomic E-state index is 0.0432. The fourth-order valence-corrected chi connectivity index (χ4v) is 4.80. The summed E-state index contributed by atoms with van der Waals surface area (Å²) in [5, 5.41) is 0. The number of hydrogen-bond acceptors (Lipinski definition) is 4. The quantitative estimate of drug-likeness (QED) is 0.719. The van der Waals surface area contributed by atoms with Gasteiger partial charge in [-0.2, -0.15) is 0 Å². The van der Waals surface area contributed by atoms with Crippen LogP contribution >= 0.6 is 0 Å². The molecule has 2 fully saturated rings. The summed E-state index contributed by atoms with van der Waals surface area (Å²) in [5.41, 5.74) is 2.10. The van der Waals surface area contributed by atoms with Gasteiger partial charge in [0.15, 0.2) is 0 Å². The summed E-state index contributed by atoms with van der Waals surface area (Å²) >= 11 is 0. The molecule has 2 aliphatic heterocycles. The molecule has 1 amide bonds. The number of amides is 1. The SMILES string of the molecule is O=C(C1=CCCC1)N1CCC2(CC1)OCCC2CCOCc1cccnc1. The Labute approximate surface area is 161 Å². The summed E-state index contributed by atoms with van der Waals surface area (Å²) in [5.74, 6) is 0.797. The number of rotatable bonds is 6. The number of allylic oxidation sites excluding steroid dienone is 1. The second-order valence-corrected chi connectivity index (χ2v) is 8.02. The van der Waals surface area contributed by atoms with Gasteiger partial charge in [-0.1, -0.05) is 12.1 Å². The Morgan fingerprint density at radius 1 is 1.37 bits per heavy atom. The van der Waals surface area contributed by atoms with Gasteiger partial charge in [0.05, 0.1) is 12.2 Å². The van der Waals surface area contributed by atoms with Gasteiger partial charge in [0.25, 0.3) is 0 Å². The van der Waals surface area contributed by atoms with E-state index in [1.165, 1.54) is 0 Å². The molecule has 0 N–H and O–H groups in total. The van der Waals surface area contributed by atoms with Crippen molar-refractivity contribution in [1.82, 2.24) is 9.88 Å². The minimum atomic E-state index is -0.0432. The van der Waals surface area contributed by atoms with Crippen molar-refractivity contribution in [3.05, 3.63) is 41.7 Å². The standard InChI is InChI=1S/C22H30N2O3/c25-21(19-5-1-2-6-19)24-12-9-22(10-13-24)20(8-15-27-22)7-14-26-17-18-4-3-11-23-16-18/h3-5,11,16,20H,1-2,6-10,12-15,17H2. The van der Waals surface area contributed by atoms with Crippen LogP contribution in [0, 0.1) is 5.92 Å². The number of nitrogens with zero attached hydrogens (tertiary/aromatic N) is 2. The number of carbonyl (C=O) groups excluding carboxylic acids is 1. The van der Waals surface area contributed by atoms with Gasteiger partial charge in [0.1, 0.15) is 0 Å². The Bertz CT molecular complexity index is 665. The Morgan fingerprint density at radius 3 is 3.00 bits per heavy atom. The third-order valence-electron chi connectivity index (χ3n) is 6.41. The number of piperidine rings is 1. The molecule has 0 bridgehead atoms. The molecule has 1 unspecified atom stereocenters. The van der Waals surface area contributed by atoms with Crippen LogP contribution in [0.25, 0.3) is 0 Å². The summed E-state index contributed by atoms with van der Waals surface area (Å²) < 4.78 is 12.1. The van der Waals surface area contributed by atoms with Crippen LogP contribution in [0.5, 0.6) is 0 Å². The molecule has 1 aliphatic carbocycles. The highest BCUT2D eigenvalue weighted by atomic mass is 16.5. The van der Waals surface area contributed by atoms with Crippen molar-refractivity contribution < 1.29 is 14.3 Å². The molecule has 5 nitrogen and oxygen atoms in total. The molecule has 1 aromatic heterocycles. The van der Waals surface area contributed by atoms with Crippen LogP contribution in [-0.4, -0.2) is 47.7 Å². The van der Waals surface area contributed by atoms with Crippen LogP contribution in [-0.2, 0) is 20.9 Å². The Kier molecular flexibility index (Phi) is 5.89. The van der Waals surface area contributed by atoms with Crippen LogP contribution in [0.2, 0.25) is 0 Å². The maximum Gasteiger partial charge on any atom is 0.249 e. The van der Waals surface area contributed by atoms with Crippen molar-refractivity contribution in [2.45, 2.75) is 57.2 Å². The maximum absolute atomic E-state index is 12.6. The zero-order valence-corrected chi connectivity index (χ0v) is 16.1. The van der Waals surface area contributed by atoms with Crippen molar-refractivity contribution >= 4 is 5.91 Å². The first kappa shape index (κ1) is 18.6. The number of aromatic nitrogens is 1. The highest BCUT2D eigenvalue weighted by Gasteiger charge is 2.46. The van der Waals surface area contributed by atoms with Gasteiger partial charge < -0.3 is 14.4 Å². The highest BCUT2D eigenvalue weighted by Crippen LogP contribution is 2.42. The van der Waals surface area contributed by atoms with Gasteiger partial charge in [-0.25, -0.2) is 0 Å². The molecule has 3 heterocycles. The predicted octanol–water partition coefficient (Wildman–Crippen LogP) is 3.50. The van der Waals surface area contributed by atoms with Crippen LogP contribution < -0.4 is 0 Å². The lowest BCUT2D eigenvalue weighted by Crippen LogP contribution is -2.49. The van der Waals surface area contributed by atoms with Gasteiger partial charge in [-0.05, 0) is 62.5 Å². The largest absolute Gasteiger partial charge is 0.377 e. The lowest BCUT2D eigenvalue weighted by Gasteiger charge is -2.42. The second-order valence-electron chi connectivity index (χ2n) is 8.02.